The second kappa shape index (κ2) is 5.05. The number of nitrogens with zero attached hydrogens (tertiary/aromatic N) is 1. The summed E-state index contributed by atoms with van der Waals surface area (Å²) in [6.07, 6.45) is 2.22. The van der Waals surface area contributed by atoms with E-state index in [1.54, 1.807) is 12.3 Å². The molecule has 0 unspecified atom stereocenters. The van der Waals surface area contributed by atoms with E-state index in [-0.39, 0.29) is 11.4 Å². The van der Waals surface area contributed by atoms with Gasteiger partial charge in [0.1, 0.15) is 17.4 Å². The third-order valence-electron chi connectivity index (χ3n) is 3.33. The van der Waals surface area contributed by atoms with Gasteiger partial charge >= 0.3 is 0 Å². The number of halogens is 2. The molecule has 0 saturated carbocycles. The van der Waals surface area contributed by atoms with Gasteiger partial charge in [-0.3, -0.25) is 5.10 Å². The van der Waals surface area contributed by atoms with Gasteiger partial charge in [-0.2, -0.15) is 5.10 Å². The predicted molar refractivity (Wildman–Crippen MR) is 75.4 cm³/mol. The van der Waals surface area contributed by atoms with Gasteiger partial charge in [-0.25, -0.2) is 8.78 Å². The maximum Gasteiger partial charge on any atom is 0.153 e. The van der Waals surface area contributed by atoms with Crippen molar-refractivity contribution in [1.29, 1.82) is 0 Å². The summed E-state index contributed by atoms with van der Waals surface area (Å²) in [4.78, 5) is 0. The zero-order chi connectivity index (χ0) is 15.0. The third kappa shape index (κ3) is 2.18. The van der Waals surface area contributed by atoms with E-state index < -0.39 is 11.6 Å². The summed E-state index contributed by atoms with van der Waals surface area (Å²) in [7, 11) is 0. The lowest BCUT2D eigenvalue weighted by Crippen LogP contribution is -1.93. The molecule has 0 aliphatic heterocycles. The molecule has 6 heteroatoms. The van der Waals surface area contributed by atoms with Gasteiger partial charge in [-0.05, 0) is 18.2 Å². The number of benzene rings is 1. The summed E-state index contributed by atoms with van der Waals surface area (Å²) in [6, 6.07) is 5.12. The standard InChI is InChI=1S/C15H13F2N3O/c1-2-12-10(5-6-21-12)14-13(15(18)20-19-14)9-4-3-8(16)7-11(9)17/h3-7H,2H2,1H3,(H3,18,19,20). The number of hydrogen-bond acceptors (Lipinski definition) is 3. The molecule has 0 bridgehead atoms. The molecule has 3 rings (SSSR count). The van der Waals surface area contributed by atoms with Crippen molar-refractivity contribution in [2.45, 2.75) is 13.3 Å². The fourth-order valence-corrected chi connectivity index (χ4v) is 2.35. The third-order valence-corrected chi connectivity index (χ3v) is 3.33. The maximum atomic E-state index is 14.0. The number of hydrogen-bond donors (Lipinski definition) is 2. The van der Waals surface area contributed by atoms with Crippen molar-refractivity contribution in [3.8, 4) is 22.4 Å². The van der Waals surface area contributed by atoms with E-state index in [4.69, 9.17) is 10.2 Å². The highest BCUT2D eigenvalue weighted by molar-refractivity contribution is 5.88. The Kier molecular flexibility index (Phi) is 3.21. The van der Waals surface area contributed by atoms with Crippen molar-refractivity contribution in [1.82, 2.24) is 10.2 Å². The number of aromatic amines is 1. The average molecular weight is 289 g/mol. The molecule has 0 aliphatic carbocycles. The summed E-state index contributed by atoms with van der Waals surface area (Å²) in [6.45, 7) is 1.94. The number of aromatic nitrogens is 2. The first-order valence-corrected chi connectivity index (χ1v) is 6.47. The minimum Gasteiger partial charge on any atom is -0.469 e. The topological polar surface area (TPSA) is 67.8 Å². The smallest absolute Gasteiger partial charge is 0.153 e. The number of nitrogen functional groups attached to an aromatic ring is 1. The monoisotopic (exact) mass is 289 g/mol. The van der Waals surface area contributed by atoms with Gasteiger partial charge in [-0.15, -0.1) is 0 Å². The van der Waals surface area contributed by atoms with Crippen LogP contribution in [0, 0.1) is 11.6 Å². The molecular weight excluding hydrogens is 276 g/mol. The van der Waals surface area contributed by atoms with Crippen molar-refractivity contribution in [2.24, 2.45) is 0 Å². The van der Waals surface area contributed by atoms with Gasteiger partial charge in [-0.1, -0.05) is 6.92 Å². The number of nitrogens with one attached hydrogen (secondary N) is 1. The van der Waals surface area contributed by atoms with Crippen LogP contribution >= 0.6 is 0 Å². The summed E-state index contributed by atoms with van der Waals surface area (Å²) in [5, 5.41) is 6.73. The van der Waals surface area contributed by atoms with Crippen LogP contribution in [0.1, 0.15) is 12.7 Å². The highest BCUT2D eigenvalue weighted by Crippen LogP contribution is 2.38. The van der Waals surface area contributed by atoms with Crippen molar-refractivity contribution in [3.63, 3.8) is 0 Å². The molecule has 0 radical (unpaired) electrons. The lowest BCUT2D eigenvalue weighted by Gasteiger charge is -2.06. The molecule has 0 aliphatic rings. The minimum atomic E-state index is -0.689. The van der Waals surface area contributed by atoms with Crippen LogP contribution in [0.25, 0.3) is 22.4 Å². The Balaban J connectivity index is 2.22. The molecule has 0 fully saturated rings. The van der Waals surface area contributed by atoms with Crippen LogP contribution in [0.15, 0.2) is 34.9 Å². The van der Waals surface area contributed by atoms with Gasteiger partial charge < -0.3 is 10.2 Å². The largest absolute Gasteiger partial charge is 0.469 e. The van der Waals surface area contributed by atoms with Crippen LogP contribution in [0.3, 0.4) is 0 Å². The average Bonchev–Trinajstić information content (AvgIpc) is 3.05. The van der Waals surface area contributed by atoms with Crippen molar-refractivity contribution in [2.75, 3.05) is 5.73 Å². The molecule has 108 valence electrons. The normalized spacial score (nSPS) is 11.0. The molecule has 21 heavy (non-hydrogen) atoms. The lowest BCUT2D eigenvalue weighted by atomic mass is 10.00. The van der Waals surface area contributed by atoms with Gasteiger partial charge in [0.05, 0.1) is 17.5 Å². The maximum absolute atomic E-state index is 14.0. The first-order valence-electron chi connectivity index (χ1n) is 6.47. The molecule has 2 heterocycles. The fraction of sp³-hybridized carbons (Fsp3) is 0.133. The van der Waals surface area contributed by atoms with Crippen LogP contribution in [0.2, 0.25) is 0 Å². The predicted octanol–water partition coefficient (Wildman–Crippen LogP) is 3.76. The fourth-order valence-electron chi connectivity index (χ4n) is 2.35. The lowest BCUT2D eigenvalue weighted by molar-refractivity contribution is 0.517. The molecule has 3 N–H and O–H groups in total. The summed E-state index contributed by atoms with van der Waals surface area (Å²) >= 11 is 0. The second-order valence-electron chi connectivity index (χ2n) is 4.59. The van der Waals surface area contributed by atoms with E-state index in [2.05, 4.69) is 10.2 Å². The molecule has 3 aromatic rings. The number of aryl methyl sites for hydroxylation is 1. The first-order chi connectivity index (χ1) is 10.1. The zero-order valence-corrected chi connectivity index (χ0v) is 11.3. The SMILES string of the molecule is CCc1occc1-c1[nH]nc(N)c1-c1ccc(F)cc1F. The second-order valence-corrected chi connectivity index (χ2v) is 4.59. The molecule has 0 amide bonds. The molecule has 2 aromatic heterocycles. The van der Waals surface area contributed by atoms with Gasteiger partial charge in [0.2, 0.25) is 0 Å². The molecule has 0 saturated heterocycles. The Morgan fingerprint density at radius 2 is 2.05 bits per heavy atom. The summed E-state index contributed by atoms with van der Waals surface area (Å²) in [5.74, 6) is -0.440. The first kappa shape index (κ1) is 13.4. The van der Waals surface area contributed by atoms with E-state index >= 15 is 0 Å². The van der Waals surface area contributed by atoms with Gasteiger partial charge in [0.25, 0.3) is 0 Å². The van der Waals surface area contributed by atoms with Crippen LogP contribution in [-0.2, 0) is 6.42 Å². The van der Waals surface area contributed by atoms with E-state index in [1.807, 2.05) is 6.92 Å². The Hall–Kier alpha value is -2.63. The zero-order valence-electron chi connectivity index (χ0n) is 11.3. The summed E-state index contributed by atoms with van der Waals surface area (Å²) < 4.78 is 32.5. The van der Waals surface area contributed by atoms with Crippen molar-refractivity contribution < 1.29 is 13.2 Å². The van der Waals surface area contributed by atoms with Crippen LogP contribution < -0.4 is 5.73 Å². The van der Waals surface area contributed by atoms with Crippen LogP contribution in [0.5, 0.6) is 0 Å². The number of H-pyrrole nitrogens is 1. The highest BCUT2D eigenvalue weighted by atomic mass is 19.1. The quantitative estimate of drug-likeness (QED) is 0.771. The molecular formula is C15H13F2N3O. The Morgan fingerprint density at radius 3 is 2.76 bits per heavy atom. The van der Waals surface area contributed by atoms with Gasteiger partial charge in [0, 0.05) is 23.6 Å². The van der Waals surface area contributed by atoms with Gasteiger partial charge in [0.15, 0.2) is 5.82 Å². The summed E-state index contributed by atoms with van der Waals surface area (Å²) in [5.41, 5.74) is 7.77. The Morgan fingerprint density at radius 1 is 1.24 bits per heavy atom. The molecule has 1 aromatic carbocycles. The minimum absolute atomic E-state index is 0.152. The highest BCUT2D eigenvalue weighted by Gasteiger charge is 2.21. The number of furan rings is 1. The van der Waals surface area contributed by atoms with E-state index in [9.17, 15) is 8.78 Å². The number of anilines is 1. The van der Waals surface area contributed by atoms with Crippen LogP contribution in [0.4, 0.5) is 14.6 Å². The van der Waals surface area contributed by atoms with E-state index in [0.29, 0.717) is 17.7 Å². The Labute approximate surface area is 119 Å². The molecule has 4 nitrogen and oxygen atoms in total. The van der Waals surface area contributed by atoms with Crippen molar-refractivity contribution >= 4 is 5.82 Å². The number of nitrogens with two attached hydrogens (primary N) is 1. The van der Waals surface area contributed by atoms with E-state index in [0.717, 1.165) is 17.4 Å². The molecule has 0 spiro atoms. The Bertz CT molecular complexity index is 792. The van der Waals surface area contributed by atoms with E-state index in [1.165, 1.54) is 12.1 Å². The van der Waals surface area contributed by atoms with Crippen molar-refractivity contribution in [3.05, 3.63) is 47.9 Å². The number of rotatable bonds is 3. The van der Waals surface area contributed by atoms with Crippen LogP contribution in [-0.4, -0.2) is 10.2 Å². The molecule has 0 atom stereocenters.